The molecule has 0 radical (unpaired) electrons. The molecule has 2 N–H and O–H groups in total. The Morgan fingerprint density at radius 3 is 2.33 bits per heavy atom. The van der Waals surface area contributed by atoms with Gasteiger partial charge in [-0.05, 0) is 56.2 Å². The van der Waals surface area contributed by atoms with Gasteiger partial charge in [-0.25, -0.2) is 0 Å². The van der Waals surface area contributed by atoms with E-state index in [1.54, 1.807) is 68.8 Å². The number of benzene rings is 2. The van der Waals surface area contributed by atoms with E-state index in [1.165, 1.54) is 11.1 Å². The Hall–Kier alpha value is -3.81. The third kappa shape index (κ3) is 5.52. The maximum Gasteiger partial charge on any atom is 0.277 e. The van der Waals surface area contributed by atoms with Crippen LogP contribution in [0, 0.1) is 0 Å². The first-order valence-corrected chi connectivity index (χ1v) is 10.7. The summed E-state index contributed by atoms with van der Waals surface area (Å²) in [6.07, 6.45) is 2.22. The Morgan fingerprint density at radius 1 is 1.06 bits per heavy atom. The third-order valence-corrected chi connectivity index (χ3v) is 5.54. The van der Waals surface area contributed by atoms with Crippen molar-refractivity contribution in [3.8, 4) is 11.5 Å². The SMILES string of the molecule is CCC(C)(C)NC(=O)[C@@H](c1cccc(OC)c1)N(C(=O)c1ccn[nH]1)c1cccc(OC)c1. The molecule has 2 amide bonds. The van der Waals surface area contributed by atoms with E-state index in [0.29, 0.717) is 22.7 Å². The van der Waals surface area contributed by atoms with Crippen LogP contribution in [0.1, 0.15) is 49.3 Å². The molecule has 0 spiro atoms. The molecule has 0 aliphatic heterocycles. The number of carbonyl (C=O) groups excluding carboxylic acids is 2. The standard InChI is InChI=1S/C25H30N4O4/c1-6-25(2,3)27-23(30)22(17-9-7-11-19(15-17)32-4)29(24(31)21-13-14-26-28-21)18-10-8-12-20(16-18)33-5/h7-16,22H,6H2,1-5H3,(H,26,28)(H,27,30)/t22-/m1/s1. The molecule has 0 fully saturated rings. The van der Waals surface area contributed by atoms with E-state index in [1.807, 2.05) is 20.8 Å². The number of carbonyl (C=O) groups is 2. The van der Waals surface area contributed by atoms with Crippen molar-refractivity contribution in [3.05, 3.63) is 72.1 Å². The summed E-state index contributed by atoms with van der Waals surface area (Å²) in [6, 6.07) is 14.8. The molecule has 0 saturated carbocycles. The number of aromatic nitrogens is 2. The van der Waals surface area contributed by atoms with Gasteiger partial charge in [0, 0.05) is 23.5 Å². The average Bonchev–Trinajstić information content (AvgIpc) is 3.37. The van der Waals surface area contributed by atoms with Crippen LogP contribution in [0.25, 0.3) is 0 Å². The lowest BCUT2D eigenvalue weighted by Gasteiger charge is -2.34. The van der Waals surface area contributed by atoms with E-state index >= 15 is 0 Å². The zero-order chi connectivity index (χ0) is 24.0. The van der Waals surface area contributed by atoms with Crippen LogP contribution in [0.5, 0.6) is 11.5 Å². The van der Waals surface area contributed by atoms with Crippen LogP contribution in [0.4, 0.5) is 5.69 Å². The number of hydrogen-bond acceptors (Lipinski definition) is 5. The molecule has 3 rings (SSSR count). The molecule has 174 valence electrons. The number of anilines is 1. The summed E-state index contributed by atoms with van der Waals surface area (Å²) in [4.78, 5) is 28.9. The first-order chi connectivity index (χ1) is 15.8. The highest BCUT2D eigenvalue weighted by atomic mass is 16.5. The summed E-state index contributed by atoms with van der Waals surface area (Å²) in [5.74, 6) is 0.428. The minimum atomic E-state index is -0.978. The van der Waals surface area contributed by atoms with E-state index < -0.39 is 17.5 Å². The molecule has 3 aromatic rings. The minimum absolute atomic E-state index is 0.258. The Morgan fingerprint density at radius 2 is 1.73 bits per heavy atom. The summed E-state index contributed by atoms with van der Waals surface area (Å²) < 4.78 is 10.8. The highest BCUT2D eigenvalue weighted by Gasteiger charge is 2.36. The summed E-state index contributed by atoms with van der Waals surface area (Å²) in [6.45, 7) is 5.89. The molecule has 0 saturated heterocycles. The molecule has 2 aromatic carbocycles. The third-order valence-electron chi connectivity index (χ3n) is 5.54. The van der Waals surface area contributed by atoms with Gasteiger partial charge in [0.15, 0.2) is 0 Å². The Balaban J connectivity index is 2.21. The number of methoxy groups -OCH3 is 2. The quantitative estimate of drug-likeness (QED) is 0.511. The van der Waals surface area contributed by atoms with E-state index in [9.17, 15) is 9.59 Å². The highest BCUT2D eigenvalue weighted by Crippen LogP contribution is 2.33. The van der Waals surface area contributed by atoms with E-state index in [2.05, 4.69) is 15.5 Å². The van der Waals surface area contributed by atoms with Crippen molar-refractivity contribution in [1.82, 2.24) is 15.5 Å². The molecule has 0 aliphatic rings. The number of ether oxygens (including phenoxy) is 2. The monoisotopic (exact) mass is 450 g/mol. The van der Waals surface area contributed by atoms with Gasteiger partial charge in [0.05, 0.1) is 14.2 Å². The molecule has 0 aliphatic carbocycles. The highest BCUT2D eigenvalue weighted by molar-refractivity contribution is 6.09. The number of nitrogens with one attached hydrogen (secondary N) is 2. The summed E-state index contributed by atoms with van der Waals surface area (Å²) in [5, 5.41) is 9.72. The van der Waals surface area contributed by atoms with Crippen LogP contribution in [0.2, 0.25) is 0 Å². The molecular weight excluding hydrogens is 420 g/mol. The Bertz CT molecular complexity index is 1100. The van der Waals surface area contributed by atoms with Gasteiger partial charge in [-0.1, -0.05) is 25.1 Å². The van der Waals surface area contributed by atoms with Crippen LogP contribution < -0.4 is 19.7 Å². The molecule has 1 atom stereocenters. The molecular formula is C25H30N4O4. The fourth-order valence-electron chi connectivity index (χ4n) is 3.37. The Labute approximate surface area is 193 Å². The average molecular weight is 451 g/mol. The first kappa shape index (κ1) is 23.8. The van der Waals surface area contributed by atoms with E-state index in [0.717, 1.165) is 6.42 Å². The predicted octanol–water partition coefficient (Wildman–Crippen LogP) is 4.12. The zero-order valence-corrected chi connectivity index (χ0v) is 19.6. The van der Waals surface area contributed by atoms with Crippen molar-refractivity contribution < 1.29 is 19.1 Å². The molecule has 8 nitrogen and oxygen atoms in total. The van der Waals surface area contributed by atoms with Gasteiger partial charge in [0.25, 0.3) is 5.91 Å². The van der Waals surface area contributed by atoms with Crippen molar-refractivity contribution in [1.29, 1.82) is 0 Å². The van der Waals surface area contributed by atoms with Crippen LogP contribution in [-0.4, -0.2) is 41.8 Å². The number of aromatic amines is 1. The van der Waals surface area contributed by atoms with Gasteiger partial charge in [-0.2, -0.15) is 5.10 Å². The van der Waals surface area contributed by atoms with E-state index in [-0.39, 0.29) is 11.6 Å². The summed E-state index contributed by atoms with van der Waals surface area (Å²) in [7, 11) is 3.11. The predicted molar refractivity (Wildman–Crippen MR) is 127 cm³/mol. The summed E-state index contributed by atoms with van der Waals surface area (Å²) >= 11 is 0. The molecule has 0 bridgehead atoms. The lowest BCUT2D eigenvalue weighted by Crippen LogP contribution is -2.50. The molecule has 0 unspecified atom stereocenters. The maximum absolute atomic E-state index is 13.8. The van der Waals surface area contributed by atoms with Gasteiger partial charge < -0.3 is 14.8 Å². The first-order valence-electron chi connectivity index (χ1n) is 10.7. The van der Waals surface area contributed by atoms with Crippen molar-refractivity contribution in [2.24, 2.45) is 0 Å². The van der Waals surface area contributed by atoms with Gasteiger partial charge in [0.2, 0.25) is 5.91 Å². The van der Waals surface area contributed by atoms with Crippen molar-refractivity contribution in [2.75, 3.05) is 19.1 Å². The van der Waals surface area contributed by atoms with Crippen LogP contribution in [0.3, 0.4) is 0 Å². The number of nitrogens with zero attached hydrogens (tertiary/aromatic N) is 2. The second-order valence-corrected chi connectivity index (χ2v) is 8.25. The van der Waals surface area contributed by atoms with Crippen LogP contribution >= 0.6 is 0 Å². The fourth-order valence-corrected chi connectivity index (χ4v) is 3.37. The van der Waals surface area contributed by atoms with Crippen molar-refractivity contribution in [2.45, 2.75) is 38.8 Å². The van der Waals surface area contributed by atoms with E-state index in [4.69, 9.17) is 9.47 Å². The van der Waals surface area contributed by atoms with Crippen LogP contribution in [0.15, 0.2) is 60.8 Å². The van der Waals surface area contributed by atoms with Gasteiger partial charge in [-0.3, -0.25) is 19.6 Å². The molecule has 1 heterocycles. The minimum Gasteiger partial charge on any atom is -0.497 e. The lowest BCUT2D eigenvalue weighted by atomic mass is 9.98. The number of hydrogen-bond donors (Lipinski definition) is 2. The van der Waals surface area contributed by atoms with Crippen molar-refractivity contribution >= 4 is 17.5 Å². The second kappa shape index (κ2) is 10.2. The normalized spacial score (nSPS) is 12.0. The Kier molecular flexibility index (Phi) is 7.37. The lowest BCUT2D eigenvalue weighted by molar-refractivity contribution is -0.124. The maximum atomic E-state index is 13.8. The molecule has 33 heavy (non-hydrogen) atoms. The van der Waals surface area contributed by atoms with Crippen LogP contribution in [-0.2, 0) is 4.79 Å². The van der Waals surface area contributed by atoms with Crippen molar-refractivity contribution in [3.63, 3.8) is 0 Å². The second-order valence-electron chi connectivity index (χ2n) is 8.25. The number of amides is 2. The largest absolute Gasteiger partial charge is 0.497 e. The number of H-pyrrole nitrogens is 1. The topological polar surface area (TPSA) is 96.5 Å². The summed E-state index contributed by atoms with van der Waals surface area (Å²) in [5.41, 5.74) is 0.902. The van der Waals surface area contributed by atoms with Gasteiger partial charge in [-0.15, -0.1) is 0 Å². The van der Waals surface area contributed by atoms with Gasteiger partial charge in [0.1, 0.15) is 23.2 Å². The smallest absolute Gasteiger partial charge is 0.277 e. The van der Waals surface area contributed by atoms with Gasteiger partial charge >= 0.3 is 0 Å². The molecule has 1 aromatic heterocycles. The number of rotatable bonds is 9. The fraction of sp³-hybridized carbons (Fsp3) is 0.320. The zero-order valence-electron chi connectivity index (χ0n) is 19.6. The molecule has 8 heteroatoms.